The zero-order valence-corrected chi connectivity index (χ0v) is 19.3. The van der Waals surface area contributed by atoms with E-state index in [-0.39, 0.29) is 22.5 Å². The number of nitrogens with one attached hydrogen (secondary N) is 3. The van der Waals surface area contributed by atoms with E-state index in [0.29, 0.717) is 16.9 Å². The molecule has 0 fully saturated rings. The molecular weight excluding hydrogens is 458 g/mol. The van der Waals surface area contributed by atoms with Crippen molar-refractivity contribution in [3.8, 4) is 5.75 Å². The second-order valence-electron chi connectivity index (χ2n) is 7.31. The van der Waals surface area contributed by atoms with Crippen LogP contribution in [0.15, 0.2) is 83.8 Å². The number of carbonyl (C=O) groups is 3. The maximum absolute atomic E-state index is 12.6. The van der Waals surface area contributed by atoms with E-state index in [1.54, 1.807) is 36.4 Å². The van der Waals surface area contributed by atoms with Gasteiger partial charge in [-0.05, 0) is 67.6 Å². The number of carbonyl (C=O) groups excluding carboxylic acids is 3. The minimum Gasteiger partial charge on any atom is -0.425 e. The summed E-state index contributed by atoms with van der Waals surface area (Å²) in [6.45, 7) is 2.70. The summed E-state index contributed by atoms with van der Waals surface area (Å²) in [5.74, 6) is -1.18. The number of rotatable bonds is 8. The third-order valence-electron chi connectivity index (χ3n) is 4.54. The molecule has 0 spiro atoms. The van der Waals surface area contributed by atoms with Gasteiger partial charge in [-0.15, -0.1) is 0 Å². The average molecular weight is 482 g/mol. The molecule has 0 bridgehead atoms. The van der Waals surface area contributed by atoms with Crippen LogP contribution in [0.1, 0.15) is 24.2 Å². The van der Waals surface area contributed by atoms with Crippen LogP contribution in [-0.2, 0) is 19.6 Å². The summed E-state index contributed by atoms with van der Waals surface area (Å²) >= 11 is 0. The molecule has 0 heterocycles. The number of hydrogen-bond donors (Lipinski definition) is 3. The maximum Gasteiger partial charge on any atom is 0.329 e. The van der Waals surface area contributed by atoms with Crippen LogP contribution < -0.4 is 20.1 Å². The monoisotopic (exact) mass is 481 g/mol. The van der Waals surface area contributed by atoms with E-state index < -0.39 is 22.0 Å². The van der Waals surface area contributed by atoms with E-state index in [0.717, 1.165) is 0 Å². The van der Waals surface area contributed by atoms with Crippen LogP contribution in [0.2, 0.25) is 0 Å². The predicted octanol–water partition coefficient (Wildman–Crippen LogP) is 3.17. The van der Waals surface area contributed by atoms with Crippen LogP contribution in [-0.4, -0.2) is 32.2 Å². The number of hydrogen-bond acceptors (Lipinski definition) is 6. The summed E-state index contributed by atoms with van der Waals surface area (Å²) in [4.78, 5) is 35.6. The third kappa shape index (κ3) is 6.74. The molecule has 1 atom stereocenters. The number of sulfonamides is 1. The highest BCUT2D eigenvalue weighted by Crippen LogP contribution is 2.18. The minimum absolute atomic E-state index is 0.0697. The summed E-state index contributed by atoms with van der Waals surface area (Å²) < 4.78 is 32.6. The molecule has 176 valence electrons. The first-order valence-corrected chi connectivity index (χ1v) is 11.7. The first-order chi connectivity index (χ1) is 16.1. The molecule has 0 aromatic heterocycles. The van der Waals surface area contributed by atoms with Crippen molar-refractivity contribution in [2.75, 3.05) is 10.6 Å². The highest BCUT2D eigenvalue weighted by molar-refractivity contribution is 7.89. The molecule has 2 amide bonds. The minimum atomic E-state index is -4.00. The van der Waals surface area contributed by atoms with Crippen molar-refractivity contribution in [2.45, 2.75) is 24.8 Å². The molecule has 0 aliphatic carbocycles. The molecule has 10 heteroatoms. The van der Waals surface area contributed by atoms with E-state index in [9.17, 15) is 22.8 Å². The summed E-state index contributed by atoms with van der Waals surface area (Å²) in [5.41, 5.74) is 1.45. The second kappa shape index (κ2) is 10.7. The highest BCUT2D eigenvalue weighted by atomic mass is 32.2. The van der Waals surface area contributed by atoms with Crippen molar-refractivity contribution in [2.24, 2.45) is 0 Å². The molecular formula is C24H23N3O6S. The Balaban J connectivity index is 1.57. The van der Waals surface area contributed by atoms with Gasteiger partial charge in [0.05, 0.1) is 4.90 Å². The Kier molecular flexibility index (Phi) is 7.77. The van der Waals surface area contributed by atoms with Crippen LogP contribution in [0, 0.1) is 0 Å². The molecule has 3 rings (SSSR count). The molecule has 0 saturated carbocycles. The van der Waals surface area contributed by atoms with Crippen LogP contribution >= 0.6 is 0 Å². The molecule has 0 unspecified atom stereocenters. The van der Waals surface area contributed by atoms with E-state index in [1.165, 1.54) is 50.2 Å². The topological polar surface area (TPSA) is 131 Å². The smallest absolute Gasteiger partial charge is 0.329 e. The first-order valence-electron chi connectivity index (χ1n) is 10.2. The Morgan fingerprint density at radius 2 is 1.35 bits per heavy atom. The van der Waals surface area contributed by atoms with Crippen LogP contribution in [0.4, 0.5) is 11.4 Å². The Bertz CT molecular complexity index is 1270. The number of esters is 1. The largest absolute Gasteiger partial charge is 0.425 e. The molecule has 3 aromatic carbocycles. The SMILES string of the molecule is CC(=O)Nc1ccc(S(=O)(=O)N[C@@H](C)C(=O)Oc2ccc(NC(=O)c3ccccc3)cc2)cc1. The Morgan fingerprint density at radius 1 is 0.794 bits per heavy atom. The van der Waals surface area contributed by atoms with Crippen LogP contribution in [0.5, 0.6) is 5.75 Å². The zero-order valence-electron chi connectivity index (χ0n) is 18.4. The van der Waals surface area contributed by atoms with Gasteiger partial charge in [-0.25, -0.2) is 13.2 Å². The van der Waals surface area contributed by atoms with Gasteiger partial charge < -0.3 is 15.4 Å². The van der Waals surface area contributed by atoms with Gasteiger partial charge in [-0.1, -0.05) is 18.2 Å². The zero-order chi connectivity index (χ0) is 24.7. The standard InChI is InChI=1S/C24H23N3O6S/c1-16(27-34(31,32)22-14-10-19(11-15-22)25-17(2)28)24(30)33-21-12-8-20(9-13-21)26-23(29)18-6-4-3-5-7-18/h3-16,27H,1-2H3,(H,25,28)(H,26,29)/t16-/m0/s1. The summed E-state index contributed by atoms with van der Waals surface area (Å²) in [6, 6.07) is 19.1. The molecule has 34 heavy (non-hydrogen) atoms. The molecule has 3 N–H and O–H groups in total. The summed E-state index contributed by atoms with van der Waals surface area (Å²) in [6.07, 6.45) is 0. The predicted molar refractivity (Wildman–Crippen MR) is 127 cm³/mol. The summed E-state index contributed by atoms with van der Waals surface area (Å²) in [7, 11) is -4.00. The Morgan fingerprint density at radius 3 is 1.94 bits per heavy atom. The van der Waals surface area contributed by atoms with Crippen molar-refractivity contribution in [1.82, 2.24) is 4.72 Å². The van der Waals surface area contributed by atoms with E-state index >= 15 is 0 Å². The van der Waals surface area contributed by atoms with Crippen molar-refractivity contribution < 1.29 is 27.5 Å². The van der Waals surface area contributed by atoms with Crippen molar-refractivity contribution in [1.29, 1.82) is 0 Å². The van der Waals surface area contributed by atoms with Gasteiger partial charge >= 0.3 is 5.97 Å². The van der Waals surface area contributed by atoms with Crippen LogP contribution in [0.3, 0.4) is 0 Å². The van der Waals surface area contributed by atoms with Gasteiger partial charge in [0.25, 0.3) is 5.91 Å². The lowest BCUT2D eigenvalue weighted by molar-refractivity contribution is -0.135. The van der Waals surface area contributed by atoms with Gasteiger partial charge in [0, 0.05) is 23.9 Å². The lowest BCUT2D eigenvalue weighted by atomic mass is 10.2. The van der Waals surface area contributed by atoms with Crippen LogP contribution in [0.25, 0.3) is 0 Å². The lowest BCUT2D eigenvalue weighted by Gasteiger charge is -2.14. The Labute approximate surface area is 197 Å². The van der Waals surface area contributed by atoms with Gasteiger partial charge in [0.15, 0.2) is 0 Å². The molecule has 0 radical (unpaired) electrons. The maximum atomic E-state index is 12.6. The van der Waals surface area contributed by atoms with Crippen molar-refractivity contribution >= 4 is 39.2 Å². The molecule has 0 saturated heterocycles. The van der Waals surface area contributed by atoms with Gasteiger partial charge in [-0.2, -0.15) is 4.72 Å². The third-order valence-corrected chi connectivity index (χ3v) is 6.09. The van der Waals surface area contributed by atoms with Gasteiger partial charge in [0.2, 0.25) is 15.9 Å². The fourth-order valence-corrected chi connectivity index (χ4v) is 4.07. The van der Waals surface area contributed by atoms with E-state index in [1.807, 2.05) is 6.07 Å². The number of amides is 2. The fourth-order valence-electron chi connectivity index (χ4n) is 2.87. The van der Waals surface area contributed by atoms with E-state index in [4.69, 9.17) is 4.74 Å². The molecule has 0 aliphatic rings. The average Bonchev–Trinajstić information content (AvgIpc) is 2.80. The van der Waals surface area contributed by atoms with Gasteiger partial charge in [0.1, 0.15) is 11.8 Å². The molecule has 3 aromatic rings. The second-order valence-corrected chi connectivity index (χ2v) is 9.03. The van der Waals surface area contributed by atoms with Gasteiger partial charge in [-0.3, -0.25) is 9.59 Å². The lowest BCUT2D eigenvalue weighted by Crippen LogP contribution is -2.40. The number of benzene rings is 3. The normalized spacial score (nSPS) is 11.8. The van der Waals surface area contributed by atoms with Crippen molar-refractivity contribution in [3.63, 3.8) is 0 Å². The Hall–Kier alpha value is -4.02. The number of ether oxygens (including phenoxy) is 1. The first kappa shape index (κ1) is 24.6. The molecule has 9 nitrogen and oxygen atoms in total. The fraction of sp³-hybridized carbons (Fsp3) is 0.125. The highest BCUT2D eigenvalue weighted by Gasteiger charge is 2.23. The van der Waals surface area contributed by atoms with E-state index in [2.05, 4.69) is 15.4 Å². The number of anilines is 2. The summed E-state index contributed by atoms with van der Waals surface area (Å²) in [5, 5.41) is 5.27. The molecule has 0 aliphatic heterocycles. The van der Waals surface area contributed by atoms with Crippen molar-refractivity contribution in [3.05, 3.63) is 84.4 Å². The quantitative estimate of drug-likeness (QED) is 0.335.